The largest absolute Gasteiger partial charge is 0.332 e. The van der Waals surface area contributed by atoms with E-state index in [1.165, 1.54) is 12.8 Å². The maximum Gasteiger partial charge on any atom is 0.274 e. The van der Waals surface area contributed by atoms with Crippen molar-refractivity contribution in [3.63, 3.8) is 0 Å². The molecule has 7 nitrogen and oxygen atoms in total. The standard InChI is InChI=1S/C19H23N5O2/c25-18-8-7-15(12-3-4-12)22-24(18)11-14-2-1-9-23(14)19(26)17-10-16(20-21-17)13-5-6-13/h7-8,10,12-14H,1-6,9,11H2,(H,20,21). The number of carbonyl (C=O) groups is 1. The number of carbonyl (C=O) groups excluding carboxylic acids is 1. The SMILES string of the molecule is O=C(c1cc(C2CC2)[nH]n1)N1CCCC1Cn1nc(C2CC2)ccc1=O. The Morgan fingerprint density at radius 2 is 1.96 bits per heavy atom. The van der Waals surface area contributed by atoms with Crippen molar-refractivity contribution in [2.24, 2.45) is 0 Å². The Morgan fingerprint density at radius 1 is 1.15 bits per heavy atom. The third-order valence-electron chi connectivity index (χ3n) is 5.74. The summed E-state index contributed by atoms with van der Waals surface area (Å²) in [5.74, 6) is 1.02. The Labute approximate surface area is 151 Å². The molecule has 2 aromatic rings. The van der Waals surface area contributed by atoms with Crippen molar-refractivity contribution in [2.75, 3.05) is 6.54 Å². The molecule has 0 aromatic carbocycles. The van der Waals surface area contributed by atoms with Crippen LogP contribution in [0.25, 0.3) is 0 Å². The van der Waals surface area contributed by atoms with E-state index in [4.69, 9.17) is 0 Å². The second kappa shape index (κ2) is 6.07. The zero-order valence-electron chi connectivity index (χ0n) is 14.7. The molecule has 1 aliphatic heterocycles. The Hall–Kier alpha value is -2.44. The average Bonchev–Trinajstić information content (AvgIpc) is 3.58. The number of rotatable bonds is 5. The van der Waals surface area contributed by atoms with Gasteiger partial charge in [-0.2, -0.15) is 10.2 Å². The summed E-state index contributed by atoms with van der Waals surface area (Å²) in [7, 11) is 0. The first-order valence-corrected chi connectivity index (χ1v) is 9.63. The van der Waals surface area contributed by atoms with E-state index in [-0.39, 0.29) is 17.5 Å². The molecule has 1 unspecified atom stereocenters. The topological polar surface area (TPSA) is 83.9 Å². The van der Waals surface area contributed by atoms with E-state index in [0.717, 1.165) is 37.1 Å². The molecule has 3 fully saturated rings. The van der Waals surface area contributed by atoms with Crippen LogP contribution in [0.3, 0.4) is 0 Å². The molecule has 0 spiro atoms. The lowest BCUT2D eigenvalue weighted by Gasteiger charge is -2.24. The molecule has 3 heterocycles. The van der Waals surface area contributed by atoms with E-state index in [1.807, 2.05) is 17.0 Å². The van der Waals surface area contributed by atoms with Gasteiger partial charge in [-0.05, 0) is 50.7 Å². The summed E-state index contributed by atoms with van der Waals surface area (Å²) in [5, 5.41) is 11.8. The molecular formula is C19H23N5O2. The minimum Gasteiger partial charge on any atom is -0.332 e. The van der Waals surface area contributed by atoms with Gasteiger partial charge in [0.25, 0.3) is 11.5 Å². The van der Waals surface area contributed by atoms with Gasteiger partial charge in [-0.3, -0.25) is 14.7 Å². The fraction of sp³-hybridized carbons (Fsp3) is 0.579. The van der Waals surface area contributed by atoms with Gasteiger partial charge in [-0.25, -0.2) is 4.68 Å². The third-order valence-corrected chi connectivity index (χ3v) is 5.74. The molecule has 0 bridgehead atoms. The maximum absolute atomic E-state index is 12.9. The number of hydrogen-bond donors (Lipinski definition) is 1. The van der Waals surface area contributed by atoms with Crippen LogP contribution in [0, 0.1) is 0 Å². The lowest BCUT2D eigenvalue weighted by Crippen LogP contribution is -2.40. The molecule has 2 aliphatic carbocycles. The van der Waals surface area contributed by atoms with Crippen LogP contribution >= 0.6 is 0 Å². The van der Waals surface area contributed by atoms with Crippen LogP contribution in [0.4, 0.5) is 0 Å². The molecule has 2 aromatic heterocycles. The summed E-state index contributed by atoms with van der Waals surface area (Å²) in [5.41, 5.74) is 2.47. The van der Waals surface area contributed by atoms with E-state index in [9.17, 15) is 9.59 Å². The Morgan fingerprint density at radius 3 is 2.73 bits per heavy atom. The normalized spacial score (nSPS) is 22.8. The van der Waals surface area contributed by atoms with Crippen LogP contribution in [0.5, 0.6) is 0 Å². The molecule has 1 atom stereocenters. The number of H-pyrrole nitrogens is 1. The van der Waals surface area contributed by atoms with Gasteiger partial charge < -0.3 is 4.90 Å². The van der Waals surface area contributed by atoms with Crippen LogP contribution in [0.15, 0.2) is 23.0 Å². The summed E-state index contributed by atoms with van der Waals surface area (Å²) < 4.78 is 1.55. The van der Waals surface area contributed by atoms with Gasteiger partial charge in [0, 0.05) is 30.1 Å². The van der Waals surface area contributed by atoms with Crippen molar-refractivity contribution in [1.82, 2.24) is 24.9 Å². The van der Waals surface area contributed by atoms with Crippen LogP contribution < -0.4 is 5.56 Å². The highest BCUT2D eigenvalue weighted by Crippen LogP contribution is 2.39. The zero-order valence-corrected chi connectivity index (χ0v) is 14.7. The van der Waals surface area contributed by atoms with Gasteiger partial charge in [0.15, 0.2) is 0 Å². The number of aromatic nitrogens is 4. The molecule has 1 N–H and O–H groups in total. The zero-order chi connectivity index (χ0) is 17.7. The second-order valence-corrected chi connectivity index (χ2v) is 7.83. The first kappa shape index (κ1) is 15.8. The summed E-state index contributed by atoms with van der Waals surface area (Å²) >= 11 is 0. The Bertz CT molecular complexity index is 893. The molecule has 136 valence electrons. The molecule has 1 amide bonds. The van der Waals surface area contributed by atoms with Crippen LogP contribution in [0.2, 0.25) is 0 Å². The quantitative estimate of drug-likeness (QED) is 0.891. The van der Waals surface area contributed by atoms with Gasteiger partial charge in [-0.1, -0.05) is 0 Å². The molecule has 1 saturated heterocycles. The fourth-order valence-electron chi connectivity index (χ4n) is 3.88. The van der Waals surface area contributed by atoms with Crippen LogP contribution in [-0.4, -0.2) is 43.4 Å². The van der Waals surface area contributed by atoms with Gasteiger partial charge in [0.05, 0.1) is 18.3 Å². The number of hydrogen-bond acceptors (Lipinski definition) is 4. The van der Waals surface area contributed by atoms with Gasteiger partial charge in [-0.15, -0.1) is 0 Å². The van der Waals surface area contributed by atoms with E-state index in [1.54, 1.807) is 10.7 Å². The maximum atomic E-state index is 12.9. The van der Waals surface area contributed by atoms with Gasteiger partial charge in [0.1, 0.15) is 5.69 Å². The molecule has 3 aliphatic rings. The number of nitrogens with zero attached hydrogens (tertiary/aromatic N) is 4. The van der Waals surface area contributed by atoms with E-state index >= 15 is 0 Å². The first-order valence-electron chi connectivity index (χ1n) is 9.63. The van der Waals surface area contributed by atoms with Gasteiger partial charge in [0.2, 0.25) is 0 Å². The summed E-state index contributed by atoms with van der Waals surface area (Å²) in [6.07, 6.45) is 6.51. The van der Waals surface area contributed by atoms with Crippen molar-refractivity contribution in [1.29, 1.82) is 0 Å². The van der Waals surface area contributed by atoms with Crippen molar-refractivity contribution < 1.29 is 4.79 Å². The minimum atomic E-state index is -0.0931. The Kier molecular flexibility index (Phi) is 3.69. The highest BCUT2D eigenvalue weighted by molar-refractivity contribution is 5.92. The molecule has 5 rings (SSSR count). The summed E-state index contributed by atoms with van der Waals surface area (Å²) in [6.45, 7) is 1.18. The van der Waals surface area contributed by atoms with E-state index in [0.29, 0.717) is 30.6 Å². The van der Waals surface area contributed by atoms with Crippen LogP contribution in [0.1, 0.15) is 72.2 Å². The van der Waals surface area contributed by atoms with E-state index < -0.39 is 0 Å². The number of likely N-dealkylation sites (tertiary alicyclic amines) is 1. The van der Waals surface area contributed by atoms with Crippen molar-refractivity contribution >= 4 is 5.91 Å². The lowest BCUT2D eigenvalue weighted by molar-refractivity contribution is 0.0714. The molecular weight excluding hydrogens is 330 g/mol. The average molecular weight is 353 g/mol. The van der Waals surface area contributed by atoms with Gasteiger partial charge >= 0.3 is 0 Å². The predicted octanol–water partition coefficient (Wildman–Crippen LogP) is 2.03. The molecule has 2 saturated carbocycles. The number of nitrogens with one attached hydrogen (secondary N) is 1. The number of amides is 1. The monoisotopic (exact) mass is 353 g/mol. The molecule has 26 heavy (non-hydrogen) atoms. The smallest absolute Gasteiger partial charge is 0.274 e. The molecule has 0 radical (unpaired) electrons. The van der Waals surface area contributed by atoms with Crippen LogP contribution in [-0.2, 0) is 6.54 Å². The fourth-order valence-corrected chi connectivity index (χ4v) is 3.88. The lowest BCUT2D eigenvalue weighted by atomic mass is 10.2. The summed E-state index contributed by atoms with van der Waals surface area (Å²) in [6, 6.07) is 5.35. The minimum absolute atomic E-state index is 0.00299. The third kappa shape index (κ3) is 2.95. The second-order valence-electron chi connectivity index (χ2n) is 7.83. The Balaban J connectivity index is 1.34. The number of aromatic amines is 1. The highest BCUT2D eigenvalue weighted by Gasteiger charge is 2.33. The van der Waals surface area contributed by atoms with Crippen molar-refractivity contribution in [2.45, 2.75) is 62.9 Å². The van der Waals surface area contributed by atoms with E-state index in [2.05, 4.69) is 15.3 Å². The van der Waals surface area contributed by atoms with Crippen molar-refractivity contribution in [3.05, 3.63) is 45.6 Å². The highest BCUT2D eigenvalue weighted by atomic mass is 16.2. The first-order chi connectivity index (χ1) is 12.7. The summed E-state index contributed by atoms with van der Waals surface area (Å²) in [4.78, 5) is 27.0. The molecule has 7 heteroatoms. The predicted molar refractivity (Wildman–Crippen MR) is 95.1 cm³/mol. The van der Waals surface area contributed by atoms with Crippen molar-refractivity contribution in [3.8, 4) is 0 Å².